The molecule has 2 N–H and O–H groups in total. The average Bonchev–Trinajstić information content (AvgIpc) is 2.86. The van der Waals surface area contributed by atoms with Crippen LogP contribution in [-0.2, 0) is 21.2 Å². The van der Waals surface area contributed by atoms with E-state index in [4.69, 9.17) is 0 Å². The number of hydrogen-bond donors (Lipinski definition) is 2. The third kappa shape index (κ3) is 3.41. The number of nitrogens with zero attached hydrogens (tertiary/aromatic N) is 1. The second-order valence-electron chi connectivity index (χ2n) is 5.78. The molecule has 0 spiro atoms. The highest BCUT2D eigenvalue weighted by atomic mass is 32.2. The molecule has 25 heavy (non-hydrogen) atoms. The van der Waals surface area contributed by atoms with Crippen molar-refractivity contribution in [2.45, 2.75) is 25.2 Å². The van der Waals surface area contributed by atoms with Crippen molar-refractivity contribution >= 4 is 27.5 Å². The van der Waals surface area contributed by atoms with Crippen LogP contribution in [0.5, 0.6) is 0 Å². The van der Waals surface area contributed by atoms with E-state index in [9.17, 15) is 13.2 Å². The first-order valence-electron chi connectivity index (χ1n) is 7.97. The molecule has 0 aliphatic carbocycles. The third-order valence-corrected chi connectivity index (χ3v) is 5.45. The summed E-state index contributed by atoms with van der Waals surface area (Å²) < 4.78 is 26.5. The van der Waals surface area contributed by atoms with Crippen LogP contribution in [0.15, 0.2) is 52.4 Å². The van der Waals surface area contributed by atoms with Crippen LogP contribution in [0.2, 0.25) is 0 Å². The molecule has 0 bridgehead atoms. The van der Waals surface area contributed by atoms with E-state index in [1.165, 1.54) is 6.07 Å². The van der Waals surface area contributed by atoms with Gasteiger partial charge in [0.1, 0.15) is 12.4 Å². The molecule has 7 heteroatoms. The normalized spacial score (nSPS) is 16.3. The Labute approximate surface area is 147 Å². The molecule has 1 aliphatic rings. The monoisotopic (exact) mass is 357 g/mol. The van der Waals surface area contributed by atoms with Crippen LogP contribution in [0, 0.1) is 6.92 Å². The van der Waals surface area contributed by atoms with Gasteiger partial charge in [0, 0.05) is 11.3 Å². The lowest BCUT2D eigenvalue weighted by Crippen LogP contribution is -2.24. The van der Waals surface area contributed by atoms with E-state index in [0.29, 0.717) is 5.56 Å². The van der Waals surface area contributed by atoms with Crippen molar-refractivity contribution in [1.29, 1.82) is 0 Å². The Bertz CT molecular complexity index is 965. The van der Waals surface area contributed by atoms with Gasteiger partial charge in [-0.15, -0.1) is 0 Å². The summed E-state index contributed by atoms with van der Waals surface area (Å²) in [6.07, 6.45) is 0.805. The number of aliphatic imine (C=N–C) groups is 1. The number of aryl methyl sites for hydroxylation is 2. The third-order valence-electron chi connectivity index (χ3n) is 4.05. The number of benzene rings is 2. The molecule has 0 saturated heterocycles. The minimum Gasteiger partial charge on any atom is -0.324 e. The highest BCUT2D eigenvalue weighted by Crippen LogP contribution is 2.23. The Morgan fingerprint density at radius 2 is 1.92 bits per heavy atom. The van der Waals surface area contributed by atoms with Crippen LogP contribution < -0.4 is 10.0 Å². The topological polar surface area (TPSA) is 87.6 Å². The van der Waals surface area contributed by atoms with Crippen molar-refractivity contribution < 1.29 is 13.2 Å². The van der Waals surface area contributed by atoms with Crippen molar-refractivity contribution in [3.8, 4) is 0 Å². The molecular formula is C18H19N3O3S. The van der Waals surface area contributed by atoms with Crippen LogP contribution in [0.4, 0.5) is 5.69 Å². The molecule has 1 aliphatic heterocycles. The maximum Gasteiger partial charge on any atom is 0.263 e. The molecule has 0 saturated carbocycles. The van der Waals surface area contributed by atoms with E-state index in [1.54, 1.807) is 18.2 Å². The lowest BCUT2D eigenvalue weighted by atomic mass is 10.1. The van der Waals surface area contributed by atoms with Gasteiger partial charge in [0.15, 0.2) is 0 Å². The maximum atomic E-state index is 12.3. The summed E-state index contributed by atoms with van der Waals surface area (Å²) in [7, 11) is -3.59. The first-order chi connectivity index (χ1) is 11.9. The Kier molecular flexibility index (Phi) is 4.59. The summed E-state index contributed by atoms with van der Waals surface area (Å²) in [6, 6.07) is 12.4. The van der Waals surface area contributed by atoms with Crippen molar-refractivity contribution in [3.63, 3.8) is 0 Å². The molecule has 1 heterocycles. The van der Waals surface area contributed by atoms with Crippen LogP contribution in [0.25, 0.3) is 0 Å². The number of amidine groups is 1. The summed E-state index contributed by atoms with van der Waals surface area (Å²) in [6.45, 7) is 3.79. The largest absolute Gasteiger partial charge is 0.324 e. The summed E-state index contributed by atoms with van der Waals surface area (Å²) in [5, 5.41) is 2.88. The van der Waals surface area contributed by atoms with E-state index in [1.807, 2.05) is 32.0 Å². The number of sulfonamides is 1. The summed E-state index contributed by atoms with van der Waals surface area (Å²) in [5.74, 6) is -0.0914. The highest BCUT2D eigenvalue weighted by molar-refractivity contribution is 7.90. The molecule has 0 aromatic heterocycles. The SMILES string of the molecule is CCc1cccc(C)c1NC(=O)CN=C1NS(=O)(=O)c2ccccc21. The molecule has 3 rings (SSSR count). The van der Waals surface area contributed by atoms with Crippen LogP contribution in [-0.4, -0.2) is 26.7 Å². The Morgan fingerprint density at radius 3 is 2.68 bits per heavy atom. The molecule has 1 amide bonds. The van der Waals surface area contributed by atoms with Crippen LogP contribution >= 0.6 is 0 Å². The van der Waals surface area contributed by atoms with Crippen LogP contribution in [0.1, 0.15) is 23.6 Å². The number of carbonyl (C=O) groups is 1. The van der Waals surface area contributed by atoms with Gasteiger partial charge in [0.2, 0.25) is 5.91 Å². The number of carbonyl (C=O) groups excluding carboxylic acids is 1. The second kappa shape index (κ2) is 6.68. The van der Waals surface area contributed by atoms with Crippen molar-refractivity contribution in [2.75, 3.05) is 11.9 Å². The van der Waals surface area contributed by atoms with E-state index in [0.717, 1.165) is 23.2 Å². The highest BCUT2D eigenvalue weighted by Gasteiger charge is 2.30. The zero-order chi connectivity index (χ0) is 18.0. The van der Waals surface area contributed by atoms with E-state index in [-0.39, 0.29) is 23.2 Å². The van der Waals surface area contributed by atoms with Gasteiger partial charge in [-0.3, -0.25) is 14.5 Å². The molecular weight excluding hydrogens is 338 g/mol. The van der Waals surface area contributed by atoms with Crippen molar-refractivity contribution in [1.82, 2.24) is 4.72 Å². The second-order valence-corrected chi connectivity index (χ2v) is 7.43. The van der Waals surface area contributed by atoms with Gasteiger partial charge >= 0.3 is 0 Å². The number of hydrogen-bond acceptors (Lipinski definition) is 4. The van der Waals surface area contributed by atoms with E-state index >= 15 is 0 Å². The van der Waals surface area contributed by atoms with Gasteiger partial charge in [0.05, 0.1) is 4.90 Å². The lowest BCUT2D eigenvalue weighted by molar-refractivity contribution is -0.114. The Balaban J connectivity index is 1.79. The zero-order valence-electron chi connectivity index (χ0n) is 14.0. The number of rotatable bonds is 4. The summed E-state index contributed by atoms with van der Waals surface area (Å²) in [4.78, 5) is 16.6. The molecule has 130 valence electrons. The summed E-state index contributed by atoms with van der Waals surface area (Å²) >= 11 is 0. The molecule has 0 unspecified atom stereocenters. The first-order valence-corrected chi connectivity index (χ1v) is 9.45. The first kappa shape index (κ1) is 17.2. The fraction of sp³-hybridized carbons (Fsp3) is 0.222. The van der Waals surface area contributed by atoms with E-state index < -0.39 is 10.0 Å². The quantitative estimate of drug-likeness (QED) is 0.880. The molecule has 0 radical (unpaired) electrons. The van der Waals surface area contributed by atoms with E-state index in [2.05, 4.69) is 15.0 Å². The molecule has 2 aromatic carbocycles. The molecule has 6 nitrogen and oxygen atoms in total. The summed E-state index contributed by atoms with van der Waals surface area (Å²) in [5.41, 5.74) is 3.31. The van der Waals surface area contributed by atoms with Crippen molar-refractivity contribution in [3.05, 3.63) is 59.2 Å². The Morgan fingerprint density at radius 1 is 1.16 bits per heavy atom. The maximum absolute atomic E-state index is 12.3. The number of para-hydroxylation sites is 1. The minimum atomic E-state index is -3.59. The van der Waals surface area contributed by atoms with Gasteiger partial charge in [-0.2, -0.15) is 0 Å². The number of fused-ring (bicyclic) bond motifs is 1. The zero-order valence-corrected chi connectivity index (χ0v) is 14.9. The predicted molar refractivity (Wildman–Crippen MR) is 97.4 cm³/mol. The molecule has 0 fully saturated rings. The average molecular weight is 357 g/mol. The fourth-order valence-electron chi connectivity index (χ4n) is 2.78. The molecule has 2 aromatic rings. The smallest absolute Gasteiger partial charge is 0.263 e. The van der Waals surface area contributed by atoms with Crippen LogP contribution in [0.3, 0.4) is 0 Å². The predicted octanol–water partition coefficient (Wildman–Crippen LogP) is 2.23. The lowest BCUT2D eigenvalue weighted by Gasteiger charge is -2.12. The Hall–Kier alpha value is -2.67. The standard InChI is InChI=1S/C18H19N3O3S/c1-3-13-8-6-7-12(2)17(13)20-16(22)11-19-18-14-9-4-5-10-15(14)25(23,24)21-18/h4-10H,3,11H2,1-2H3,(H,19,21)(H,20,22). The number of nitrogens with one attached hydrogen (secondary N) is 2. The fourth-order valence-corrected chi connectivity index (χ4v) is 4.03. The van der Waals surface area contributed by atoms with Gasteiger partial charge < -0.3 is 5.32 Å². The minimum absolute atomic E-state index is 0.163. The molecule has 0 atom stereocenters. The van der Waals surface area contributed by atoms with Crippen molar-refractivity contribution in [2.24, 2.45) is 4.99 Å². The van der Waals surface area contributed by atoms with Gasteiger partial charge in [0.25, 0.3) is 10.0 Å². The van der Waals surface area contributed by atoms with Gasteiger partial charge in [-0.05, 0) is 36.6 Å². The van der Waals surface area contributed by atoms with Gasteiger partial charge in [-0.1, -0.05) is 37.3 Å². The number of amides is 1. The van der Waals surface area contributed by atoms with Gasteiger partial charge in [-0.25, -0.2) is 8.42 Å². The number of anilines is 1.